The summed E-state index contributed by atoms with van der Waals surface area (Å²) >= 11 is 0. The molecule has 0 nitrogen and oxygen atoms in total. The molecule has 0 aromatic carbocycles. The average Bonchev–Trinajstić information content (AvgIpc) is 2.02. The van der Waals surface area contributed by atoms with Crippen LogP contribution in [-0.4, -0.2) is 0 Å². The van der Waals surface area contributed by atoms with Crippen molar-refractivity contribution in [3.8, 4) is 0 Å². The Morgan fingerprint density at radius 1 is 1.27 bits per heavy atom. The molecule has 0 bridgehead atoms. The van der Waals surface area contributed by atoms with Crippen molar-refractivity contribution < 1.29 is 0 Å². The summed E-state index contributed by atoms with van der Waals surface area (Å²) in [4.78, 5) is 0. The van der Waals surface area contributed by atoms with E-state index in [1.165, 1.54) is 11.1 Å². The fraction of sp³-hybridized carbons (Fsp3) is 0.455. The Morgan fingerprint density at radius 2 is 1.82 bits per heavy atom. The molecule has 0 radical (unpaired) electrons. The third-order valence-corrected chi connectivity index (χ3v) is 2.20. The lowest BCUT2D eigenvalue weighted by Gasteiger charge is -2.11. The van der Waals surface area contributed by atoms with Crippen molar-refractivity contribution in [1.82, 2.24) is 0 Å². The highest BCUT2D eigenvalue weighted by molar-refractivity contribution is 5.19. The van der Waals surface area contributed by atoms with Crippen LogP contribution in [-0.2, 0) is 0 Å². The van der Waals surface area contributed by atoms with Gasteiger partial charge >= 0.3 is 0 Å². The second-order valence-electron chi connectivity index (χ2n) is 2.90. The molecule has 0 aliphatic heterocycles. The molecule has 0 rings (SSSR count). The van der Waals surface area contributed by atoms with Gasteiger partial charge in [-0.1, -0.05) is 42.9 Å². The number of hydrogen-bond donors (Lipinski definition) is 0. The Bertz CT molecular complexity index is 182. The van der Waals surface area contributed by atoms with E-state index in [0.29, 0.717) is 5.92 Å². The predicted molar refractivity (Wildman–Crippen MR) is 52.5 cm³/mol. The molecule has 0 N–H and O–H groups in total. The summed E-state index contributed by atoms with van der Waals surface area (Å²) in [5.41, 5.74) is 2.79. The largest absolute Gasteiger partial charge is 0.0991 e. The maximum absolute atomic E-state index is 3.67. The summed E-state index contributed by atoms with van der Waals surface area (Å²) in [6, 6.07) is 0. The van der Waals surface area contributed by atoms with Crippen LogP contribution < -0.4 is 0 Å². The van der Waals surface area contributed by atoms with Crippen molar-refractivity contribution in [3.63, 3.8) is 0 Å². The number of allylic oxidation sites excluding steroid dienone is 5. The molecule has 0 aliphatic carbocycles. The topological polar surface area (TPSA) is 0 Å². The zero-order chi connectivity index (χ0) is 8.85. The maximum atomic E-state index is 3.67. The first-order chi connectivity index (χ1) is 5.13. The van der Waals surface area contributed by atoms with Gasteiger partial charge in [0.25, 0.3) is 0 Å². The Labute approximate surface area is 70.3 Å². The van der Waals surface area contributed by atoms with Crippen LogP contribution in [0.3, 0.4) is 0 Å². The zero-order valence-electron chi connectivity index (χ0n) is 8.02. The minimum atomic E-state index is 0.554. The molecule has 0 aromatic rings. The summed E-state index contributed by atoms with van der Waals surface area (Å²) in [6.07, 6.45) is 6.07. The Hall–Kier alpha value is -0.780. The smallest absolute Gasteiger partial charge is 0.00240 e. The summed E-state index contributed by atoms with van der Waals surface area (Å²) in [7, 11) is 0. The van der Waals surface area contributed by atoms with Gasteiger partial charge in [0.05, 0.1) is 0 Å². The molecule has 1 atom stereocenters. The van der Waals surface area contributed by atoms with E-state index in [0.717, 1.165) is 0 Å². The summed E-state index contributed by atoms with van der Waals surface area (Å²) < 4.78 is 0. The van der Waals surface area contributed by atoms with E-state index in [2.05, 4.69) is 46.4 Å². The number of hydrogen-bond acceptors (Lipinski definition) is 0. The molecule has 0 aliphatic rings. The number of rotatable bonds is 3. The van der Waals surface area contributed by atoms with Gasteiger partial charge in [0, 0.05) is 0 Å². The van der Waals surface area contributed by atoms with E-state index in [1.54, 1.807) is 0 Å². The molecule has 0 amide bonds. The molecule has 0 saturated carbocycles. The van der Waals surface area contributed by atoms with E-state index in [9.17, 15) is 0 Å². The highest BCUT2D eigenvalue weighted by Gasteiger charge is 2.03. The first kappa shape index (κ1) is 10.2. The van der Waals surface area contributed by atoms with Crippen LogP contribution in [0, 0.1) is 5.92 Å². The van der Waals surface area contributed by atoms with Gasteiger partial charge in [0.15, 0.2) is 0 Å². The summed E-state index contributed by atoms with van der Waals surface area (Å²) in [6.45, 7) is 12.3. The van der Waals surface area contributed by atoms with Crippen LogP contribution >= 0.6 is 0 Å². The van der Waals surface area contributed by atoms with Crippen LogP contribution in [0.1, 0.15) is 27.7 Å². The van der Waals surface area contributed by atoms with Gasteiger partial charge in [-0.05, 0) is 26.7 Å². The van der Waals surface area contributed by atoms with Crippen molar-refractivity contribution in [1.29, 1.82) is 0 Å². The van der Waals surface area contributed by atoms with E-state index in [1.807, 2.05) is 6.08 Å². The highest BCUT2D eigenvalue weighted by Crippen LogP contribution is 2.18. The quantitative estimate of drug-likeness (QED) is 0.425. The van der Waals surface area contributed by atoms with Crippen LogP contribution in [0.5, 0.6) is 0 Å². The minimum Gasteiger partial charge on any atom is -0.0991 e. The molecule has 62 valence electrons. The Morgan fingerprint density at radius 3 is 2.18 bits per heavy atom. The normalized spacial score (nSPS) is 16.4. The standard InChI is InChI=1S/C11H18/c1-6-8-10(4)11(5)9(3)7-2/h6-8,11H,1H2,2-5H3/b9-7+,10-8+. The van der Waals surface area contributed by atoms with E-state index in [4.69, 9.17) is 0 Å². The molecule has 1 unspecified atom stereocenters. The van der Waals surface area contributed by atoms with Crippen molar-refractivity contribution in [2.45, 2.75) is 27.7 Å². The SMILES string of the molecule is C=C/C=C(\C)C(C)/C(C)=C/C. The summed E-state index contributed by atoms with van der Waals surface area (Å²) in [5, 5.41) is 0. The first-order valence-corrected chi connectivity index (χ1v) is 4.05. The third-order valence-electron chi connectivity index (χ3n) is 2.20. The average molecular weight is 150 g/mol. The minimum absolute atomic E-state index is 0.554. The lowest BCUT2D eigenvalue weighted by Crippen LogP contribution is -1.97. The van der Waals surface area contributed by atoms with Crippen molar-refractivity contribution in [3.05, 3.63) is 36.0 Å². The molecule has 0 saturated heterocycles. The molecule has 0 fully saturated rings. The van der Waals surface area contributed by atoms with E-state index < -0.39 is 0 Å². The zero-order valence-corrected chi connectivity index (χ0v) is 8.02. The Kier molecular flexibility index (Phi) is 4.60. The third kappa shape index (κ3) is 3.22. The predicted octanol–water partition coefficient (Wildman–Crippen LogP) is 3.72. The van der Waals surface area contributed by atoms with Gasteiger partial charge in [-0.3, -0.25) is 0 Å². The van der Waals surface area contributed by atoms with Crippen molar-refractivity contribution >= 4 is 0 Å². The van der Waals surface area contributed by atoms with E-state index >= 15 is 0 Å². The Balaban J connectivity index is 4.36. The maximum Gasteiger partial charge on any atom is -0.00240 e. The van der Waals surface area contributed by atoms with Gasteiger partial charge in [-0.25, -0.2) is 0 Å². The summed E-state index contributed by atoms with van der Waals surface area (Å²) in [5.74, 6) is 0.554. The first-order valence-electron chi connectivity index (χ1n) is 4.05. The fourth-order valence-electron chi connectivity index (χ4n) is 0.939. The van der Waals surface area contributed by atoms with Gasteiger partial charge in [-0.2, -0.15) is 0 Å². The second kappa shape index (κ2) is 4.95. The molecule has 0 aromatic heterocycles. The molecule has 0 spiro atoms. The van der Waals surface area contributed by atoms with Crippen LogP contribution in [0.4, 0.5) is 0 Å². The van der Waals surface area contributed by atoms with Gasteiger partial charge in [0.1, 0.15) is 0 Å². The van der Waals surface area contributed by atoms with Crippen molar-refractivity contribution in [2.24, 2.45) is 5.92 Å². The lowest BCUT2D eigenvalue weighted by molar-refractivity contribution is 0.798. The molecular formula is C11H18. The fourth-order valence-corrected chi connectivity index (χ4v) is 0.939. The lowest BCUT2D eigenvalue weighted by atomic mass is 9.94. The molecular weight excluding hydrogens is 132 g/mol. The van der Waals surface area contributed by atoms with E-state index in [-0.39, 0.29) is 0 Å². The van der Waals surface area contributed by atoms with Gasteiger partial charge in [0.2, 0.25) is 0 Å². The molecule has 0 heteroatoms. The monoisotopic (exact) mass is 150 g/mol. The highest BCUT2D eigenvalue weighted by atomic mass is 14.1. The van der Waals surface area contributed by atoms with Gasteiger partial charge < -0.3 is 0 Å². The van der Waals surface area contributed by atoms with Crippen LogP contribution in [0.2, 0.25) is 0 Å². The van der Waals surface area contributed by atoms with Gasteiger partial charge in [-0.15, -0.1) is 0 Å². The molecule has 11 heavy (non-hydrogen) atoms. The van der Waals surface area contributed by atoms with Crippen LogP contribution in [0.25, 0.3) is 0 Å². The second-order valence-corrected chi connectivity index (χ2v) is 2.90. The van der Waals surface area contributed by atoms with Crippen molar-refractivity contribution in [2.75, 3.05) is 0 Å². The van der Waals surface area contributed by atoms with Crippen LogP contribution in [0.15, 0.2) is 36.0 Å². The molecule has 0 heterocycles.